The lowest BCUT2D eigenvalue weighted by Gasteiger charge is -2.36. The van der Waals surface area contributed by atoms with Gasteiger partial charge >= 0.3 is 0 Å². The van der Waals surface area contributed by atoms with Crippen molar-refractivity contribution >= 4 is 46.4 Å². The van der Waals surface area contributed by atoms with Crippen LogP contribution in [0.25, 0.3) is 11.3 Å². The lowest BCUT2D eigenvalue weighted by atomic mass is 10.1. The molecule has 1 unspecified atom stereocenters. The summed E-state index contributed by atoms with van der Waals surface area (Å²) in [4.78, 5) is 54.6. The summed E-state index contributed by atoms with van der Waals surface area (Å²) in [5.41, 5.74) is 7.85. The van der Waals surface area contributed by atoms with Crippen LogP contribution in [0.15, 0.2) is 104 Å². The van der Waals surface area contributed by atoms with E-state index < -0.39 is 6.04 Å². The first kappa shape index (κ1) is 33.4. The van der Waals surface area contributed by atoms with E-state index >= 15 is 0 Å². The molecular formula is C39H39N9O3. The summed E-state index contributed by atoms with van der Waals surface area (Å²) >= 11 is 0. The number of anilines is 5. The summed E-state index contributed by atoms with van der Waals surface area (Å²) in [5.74, 6) is -0.219. The Bertz CT molecular complexity index is 2010. The third-order valence-corrected chi connectivity index (χ3v) is 9.16. The van der Waals surface area contributed by atoms with Crippen molar-refractivity contribution in [2.24, 2.45) is 0 Å². The van der Waals surface area contributed by atoms with Crippen molar-refractivity contribution in [1.82, 2.24) is 25.2 Å². The molecule has 0 saturated carbocycles. The predicted octanol–water partition coefficient (Wildman–Crippen LogP) is 5.38. The van der Waals surface area contributed by atoms with Crippen molar-refractivity contribution in [3.8, 4) is 11.3 Å². The summed E-state index contributed by atoms with van der Waals surface area (Å²) in [7, 11) is 0. The van der Waals surface area contributed by atoms with E-state index in [4.69, 9.17) is 0 Å². The zero-order valence-electron chi connectivity index (χ0n) is 28.3. The molecule has 12 heteroatoms. The Morgan fingerprint density at radius 3 is 2.43 bits per heavy atom. The van der Waals surface area contributed by atoms with Crippen LogP contribution in [-0.2, 0) is 16.1 Å². The first-order chi connectivity index (χ1) is 24.9. The van der Waals surface area contributed by atoms with Crippen molar-refractivity contribution in [3.63, 3.8) is 0 Å². The van der Waals surface area contributed by atoms with E-state index in [2.05, 4.69) is 58.2 Å². The maximum Gasteiger partial charge on any atom is 0.255 e. The quantitative estimate of drug-likeness (QED) is 0.142. The Hall–Kier alpha value is -6.14. The SMILES string of the molecule is Cc1ccc(NC(=O)c2ccc(N3CCN(Cc4ccc(NC5CCC(=O)NC5=O)cc4)CC3)cc2)cc1Nc1nccc(-c2cccnc2)n1. The Labute approximate surface area is 296 Å². The number of piperidine rings is 1. The zero-order chi connectivity index (χ0) is 35.2. The van der Waals surface area contributed by atoms with Crippen LogP contribution in [0.5, 0.6) is 0 Å². The number of carbonyl (C=O) groups excluding carboxylic acids is 3. The fourth-order valence-corrected chi connectivity index (χ4v) is 6.24. The van der Waals surface area contributed by atoms with Gasteiger partial charge in [-0.15, -0.1) is 0 Å². The van der Waals surface area contributed by atoms with Gasteiger partial charge in [0.05, 0.1) is 5.69 Å². The van der Waals surface area contributed by atoms with E-state index in [-0.39, 0.29) is 17.7 Å². The number of imide groups is 1. The molecule has 0 aliphatic carbocycles. The number of hydrogen-bond acceptors (Lipinski definition) is 10. The third-order valence-electron chi connectivity index (χ3n) is 9.16. The van der Waals surface area contributed by atoms with Gasteiger partial charge in [-0.05, 0) is 91.2 Å². The minimum Gasteiger partial charge on any atom is -0.374 e. The van der Waals surface area contributed by atoms with Crippen LogP contribution in [0.2, 0.25) is 0 Å². The van der Waals surface area contributed by atoms with Gasteiger partial charge in [0.25, 0.3) is 5.91 Å². The molecule has 2 aromatic heterocycles. The third kappa shape index (κ3) is 8.36. The van der Waals surface area contributed by atoms with Crippen LogP contribution in [0.4, 0.5) is 28.7 Å². The molecule has 2 saturated heterocycles. The van der Waals surface area contributed by atoms with Gasteiger partial charge in [0.1, 0.15) is 6.04 Å². The molecule has 0 bridgehead atoms. The highest BCUT2D eigenvalue weighted by atomic mass is 16.2. The lowest BCUT2D eigenvalue weighted by molar-refractivity contribution is -0.133. The smallest absolute Gasteiger partial charge is 0.255 e. The highest BCUT2D eigenvalue weighted by Gasteiger charge is 2.26. The average Bonchev–Trinajstić information content (AvgIpc) is 3.16. The second kappa shape index (κ2) is 15.2. The predicted molar refractivity (Wildman–Crippen MR) is 198 cm³/mol. The van der Waals surface area contributed by atoms with Crippen LogP contribution in [-0.4, -0.2) is 69.8 Å². The number of benzene rings is 3. The molecule has 258 valence electrons. The van der Waals surface area contributed by atoms with Gasteiger partial charge in [-0.2, -0.15) is 0 Å². The van der Waals surface area contributed by atoms with E-state index in [9.17, 15) is 14.4 Å². The van der Waals surface area contributed by atoms with Crippen LogP contribution >= 0.6 is 0 Å². The number of hydrogen-bond donors (Lipinski definition) is 4. The molecule has 5 aromatic rings. The number of pyridine rings is 1. The second-order valence-corrected chi connectivity index (χ2v) is 12.8. The molecule has 3 aromatic carbocycles. The molecule has 1 atom stereocenters. The summed E-state index contributed by atoms with van der Waals surface area (Å²) in [5, 5.41) is 11.9. The van der Waals surface area contributed by atoms with E-state index in [1.54, 1.807) is 18.6 Å². The Kier molecular flexibility index (Phi) is 9.93. The van der Waals surface area contributed by atoms with Gasteiger partial charge in [-0.1, -0.05) is 18.2 Å². The summed E-state index contributed by atoms with van der Waals surface area (Å²) < 4.78 is 0. The van der Waals surface area contributed by atoms with E-state index in [1.807, 2.05) is 79.7 Å². The summed E-state index contributed by atoms with van der Waals surface area (Å²) in [6.45, 7) is 6.43. The van der Waals surface area contributed by atoms with Gasteiger partial charge in [0.15, 0.2) is 0 Å². The van der Waals surface area contributed by atoms with Crippen molar-refractivity contribution in [1.29, 1.82) is 0 Å². The molecule has 2 fully saturated rings. The number of amides is 3. The highest BCUT2D eigenvalue weighted by Crippen LogP contribution is 2.26. The molecule has 4 N–H and O–H groups in total. The standard InChI is InChI=1S/C39H39N9O3/c1-26-4-9-31(23-35(26)45-39-41-18-16-33(44-39)29-3-2-17-40-24-29)43-37(50)28-7-12-32(13-8-28)48-21-19-47(20-22-48)25-27-5-10-30(11-6-27)42-34-14-15-36(49)46-38(34)51/h2-13,16-18,23-24,34,42H,14-15,19-22,25H2,1H3,(H,43,50)(H,41,44,45)(H,46,49,51). The fraction of sp³-hybridized carbons (Fsp3) is 0.231. The van der Waals surface area contributed by atoms with Gasteiger partial charge in [-0.25, -0.2) is 9.97 Å². The zero-order valence-corrected chi connectivity index (χ0v) is 28.3. The maximum atomic E-state index is 13.2. The fourth-order valence-electron chi connectivity index (χ4n) is 6.24. The number of carbonyl (C=O) groups is 3. The normalized spacial score (nSPS) is 16.3. The molecule has 0 spiro atoms. The molecule has 4 heterocycles. The molecule has 51 heavy (non-hydrogen) atoms. The van der Waals surface area contributed by atoms with Crippen LogP contribution in [0.1, 0.15) is 34.3 Å². The second-order valence-electron chi connectivity index (χ2n) is 12.8. The van der Waals surface area contributed by atoms with E-state index in [1.165, 1.54) is 5.56 Å². The first-order valence-corrected chi connectivity index (χ1v) is 17.1. The lowest BCUT2D eigenvalue weighted by Crippen LogP contribution is -2.47. The van der Waals surface area contributed by atoms with Gasteiger partial charge in [0.2, 0.25) is 17.8 Å². The molecule has 12 nitrogen and oxygen atoms in total. The molecule has 2 aliphatic rings. The maximum absolute atomic E-state index is 13.2. The highest BCUT2D eigenvalue weighted by molar-refractivity contribution is 6.04. The minimum atomic E-state index is -0.390. The van der Waals surface area contributed by atoms with Crippen molar-refractivity contribution in [2.75, 3.05) is 47.0 Å². The molecule has 3 amide bonds. The monoisotopic (exact) mass is 681 g/mol. The molecule has 7 rings (SSSR count). The number of nitrogens with one attached hydrogen (secondary N) is 4. The molecular weight excluding hydrogens is 642 g/mol. The molecule has 0 radical (unpaired) electrons. The number of aryl methyl sites for hydroxylation is 1. The Morgan fingerprint density at radius 1 is 0.902 bits per heavy atom. The average molecular weight is 682 g/mol. The first-order valence-electron chi connectivity index (χ1n) is 17.1. The van der Waals surface area contributed by atoms with Crippen LogP contribution in [0.3, 0.4) is 0 Å². The number of nitrogens with zero attached hydrogens (tertiary/aromatic N) is 5. The van der Waals surface area contributed by atoms with Crippen LogP contribution < -0.4 is 26.2 Å². The number of piperazine rings is 1. The van der Waals surface area contributed by atoms with Crippen molar-refractivity contribution in [3.05, 3.63) is 120 Å². The van der Waals surface area contributed by atoms with Crippen molar-refractivity contribution < 1.29 is 14.4 Å². The van der Waals surface area contributed by atoms with Gasteiger partial charge in [-0.3, -0.25) is 29.6 Å². The largest absolute Gasteiger partial charge is 0.374 e. The van der Waals surface area contributed by atoms with E-state index in [0.717, 1.165) is 66.6 Å². The number of rotatable bonds is 10. The minimum absolute atomic E-state index is 0.186. The Morgan fingerprint density at radius 2 is 1.69 bits per heavy atom. The van der Waals surface area contributed by atoms with Crippen LogP contribution in [0, 0.1) is 6.92 Å². The number of aromatic nitrogens is 3. The Balaban J connectivity index is 0.896. The van der Waals surface area contributed by atoms with E-state index in [0.29, 0.717) is 30.0 Å². The van der Waals surface area contributed by atoms with Crippen molar-refractivity contribution in [2.45, 2.75) is 32.4 Å². The summed E-state index contributed by atoms with van der Waals surface area (Å²) in [6.07, 6.45) is 6.04. The summed E-state index contributed by atoms with van der Waals surface area (Å²) in [6, 6.07) is 26.9. The molecule has 2 aliphatic heterocycles. The van der Waals surface area contributed by atoms with Gasteiger partial charge < -0.3 is 20.9 Å². The topological polar surface area (TPSA) is 144 Å². The van der Waals surface area contributed by atoms with Gasteiger partial charge in [0, 0.05) is 91.6 Å².